The van der Waals surface area contributed by atoms with E-state index in [0.29, 0.717) is 12.1 Å². The van der Waals surface area contributed by atoms with Gasteiger partial charge in [0, 0.05) is 24.5 Å². The van der Waals surface area contributed by atoms with Crippen molar-refractivity contribution in [3.8, 4) is 0 Å². The largest absolute Gasteiger partial charge is 0.398 e. The summed E-state index contributed by atoms with van der Waals surface area (Å²) in [6.07, 6.45) is 2.44. The lowest BCUT2D eigenvalue weighted by molar-refractivity contribution is 0.0734. The molecule has 0 saturated carbocycles. The molecule has 0 unspecified atom stereocenters. The summed E-state index contributed by atoms with van der Waals surface area (Å²) < 4.78 is 0. The van der Waals surface area contributed by atoms with Gasteiger partial charge in [-0.3, -0.25) is 9.89 Å². The van der Waals surface area contributed by atoms with E-state index >= 15 is 0 Å². The monoisotopic (exact) mass is 256 g/mol. The molecule has 0 fully saturated rings. The average molecular weight is 256 g/mol. The molecular weight excluding hydrogens is 240 g/mol. The Kier molecular flexibility index (Phi) is 2.74. The van der Waals surface area contributed by atoms with Crippen molar-refractivity contribution in [2.45, 2.75) is 19.9 Å². The second kappa shape index (κ2) is 4.42. The number of hydrogen-bond donors (Lipinski definition) is 2. The lowest BCUT2D eigenvalue weighted by Crippen LogP contribution is -2.36. The van der Waals surface area contributed by atoms with Crippen molar-refractivity contribution in [3.63, 3.8) is 0 Å². The zero-order valence-electron chi connectivity index (χ0n) is 10.8. The van der Waals surface area contributed by atoms with Crippen LogP contribution < -0.4 is 5.73 Å². The Morgan fingerprint density at radius 3 is 3.05 bits per heavy atom. The first kappa shape index (κ1) is 11.8. The number of amides is 1. The van der Waals surface area contributed by atoms with Gasteiger partial charge in [-0.25, -0.2) is 0 Å². The van der Waals surface area contributed by atoms with Gasteiger partial charge in [0.2, 0.25) is 0 Å². The van der Waals surface area contributed by atoms with Crippen molar-refractivity contribution in [1.29, 1.82) is 0 Å². The maximum Gasteiger partial charge on any atom is 0.257 e. The highest BCUT2D eigenvalue weighted by Crippen LogP contribution is 2.25. The standard InChI is InChI=1S/C14H16N4O/c1-9-11(7-16-17-9)14(19)18-6-5-10-3-2-4-13(15)12(10)8-18/h2-4,7H,5-6,8,15H2,1H3,(H,16,17). The Hall–Kier alpha value is -2.30. The van der Waals surface area contributed by atoms with E-state index in [-0.39, 0.29) is 5.91 Å². The number of nitrogen functional groups attached to an aromatic ring is 1. The van der Waals surface area contributed by atoms with Crippen molar-refractivity contribution in [2.75, 3.05) is 12.3 Å². The molecule has 0 bridgehead atoms. The summed E-state index contributed by atoms with van der Waals surface area (Å²) in [7, 11) is 0. The number of nitrogens with zero attached hydrogens (tertiary/aromatic N) is 2. The highest BCUT2D eigenvalue weighted by Gasteiger charge is 2.24. The molecule has 0 saturated heterocycles. The van der Waals surface area contributed by atoms with E-state index in [4.69, 9.17) is 5.73 Å². The molecule has 2 aromatic rings. The zero-order valence-corrected chi connectivity index (χ0v) is 10.8. The van der Waals surface area contributed by atoms with Crippen LogP contribution in [0.3, 0.4) is 0 Å². The van der Waals surface area contributed by atoms with Crippen molar-refractivity contribution in [3.05, 3.63) is 46.8 Å². The third-order valence-corrected chi connectivity index (χ3v) is 3.66. The van der Waals surface area contributed by atoms with Crippen LogP contribution in [0.5, 0.6) is 0 Å². The van der Waals surface area contributed by atoms with Crippen LogP contribution in [0, 0.1) is 6.92 Å². The topological polar surface area (TPSA) is 75.0 Å². The van der Waals surface area contributed by atoms with Gasteiger partial charge >= 0.3 is 0 Å². The maximum absolute atomic E-state index is 12.4. The highest BCUT2D eigenvalue weighted by molar-refractivity contribution is 5.95. The molecule has 1 aliphatic rings. The Morgan fingerprint density at radius 2 is 2.32 bits per heavy atom. The molecule has 5 nitrogen and oxygen atoms in total. The summed E-state index contributed by atoms with van der Waals surface area (Å²) in [5, 5.41) is 6.70. The average Bonchev–Trinajstić information content (AvgIpc) is 2.84. The smallest absolute Gasteiger partial charge is 0.257 e. The molecule has 0 aliphatic carbocycles. The molecule has 1 aromatic heterocycles. The molecule has 1 aliphatic heterocycles. The molecule has 1 aromatic carbocycles. The SMILES string of the molecule is Cc1[nH]ncc1C(=O)N1CCc2cccc(N)c2C1. The number of H-pyrrole nitrogens is 1. The number of rotatable bonds is 1. The first-order valence-corrected chi connectivity index (χ1v) is 6.32. The lowest BCUT2D eigenvalue weighted by Gasteiger charge is -2.29. The summed E-state index contributed by atoms with van der Waals surface area (Å²) in [4.78, 5) is 14.3. The number of nitrogens with one attached hydrogen (secondary N) is 1. The molecule has 0 radical (unpaired) electrons. The van der Waals surface area contributed by atoms with Crippen LogP contribution in [0.2, 0.25) is 0 Å². The van der Waals surface area contributed by atoms with Crippen LogP contribution in [0.15, 0.2) is 24.4 Å². The minimum Gasteiger partial charge on any atom is -0.398 e. The predicted molar refractivity (Wildman–Crippen MR) is 72.6 cm³/mol. The number of fused-ring (bicyclic) bond motifs is 1. The summed E-state index contributed by atoms with van der Waals surface area (Å²) in [6, 6.07) is 5.93. The second-order valence-corrected chi connectivity index (χ2v) is 4.87. The van der Waals surface area contributed by atoms with Crippen molar-refractivity contribution < 1.29 is 4.79 Å². The van der Waals surface area contributed by atoms with E-state index < -0.39 is 0 Å². The Morgan fingerprint density at radius 1 is 1.47 bits per heavy atom. The van der Waals surface area contributed by atoms with Gasteiger partial charge in [-0.05, 0) is 30.5 Å². The van der Waals surface area contributed by atoms with Gasteiger partial charge in [-0.2, -0.15) is 5.10 Å². The Bertz CT molecular complexity index is 632. The highest BCUT2D eigenvalue weighted by atomic mass is 16.2. The number of carbonyl (C=O) groups is 1. The van der Waals surface area contributed by atoms with Gasteiger partial charge in [0.05, 0.1) is 11.8 Å². The van der Waals surface area contributed by atoms with E-state index in [9.17, 15) is 4.79 Å². The lowest BCUT2D eigenvalue weighted by atomic mass is 9.97. The molecule has 0 spiro atoms. The molecular formula is C14H16N4O. The van der Waals surface area contributed by atoms with Crippen LogP contribution in [-0.4, -0.2) is 27.5 Å². The molecule has 5 heteroatoms. The van der Waals surface area contributed by atoms with Gasteiger partial charge in [0.15, 0.2) is 0 Å². The number of nitrogens with two attached hydrogens (primary N) is 1. The van der Waals surface area contributed by atoms with Gasteiger partial charge in [0.25, 0.3) is 5.91 Å². The van der Waals surface area contributed by atoms with E-state index in [1.165, 1.54) is 5.56 Å². The van der Waals surface area contributed by atoms with Crippen LogP contribution in [0.1, 0.15) is 27.2 Å². The molecule has 19 heavy (non-hydrogen) atoms. The third-order valence-electron chi connectivity index (χ3n) is 3.66. The number of aromatic amines is 1. The van der Waals surface area contributed by atoms with E-state index in [1.54, 1.807) is 6.20 Å². The van der Waals surface area contributed by atoms with E-state index in [0.717, 1.165) is 29.9 Å². The molecule has 2 heterocycles. The minimum absolute atomic E-state index is 0.0140. The molecule has 98 valence electrons. The van der Waals surface area contributed by atoms with Crippen LogP contribution in [-0.2, 0) is 13.0 Å². The molecule has 3 rings (SSSR count). The van der Waals surface area contributed by atoms with Gasteiger partial charge in [-0.1, -0.05) is 12.1 Å². The maximum atomic E-state index is 12.4. The van der Waals surface area contributed by atoms with E-state index in [2.05, 4.69) is 16.3 Å². The number of benzene rings is 1. The minimum atomic E-state index is 0.0140. The Balaban J connectivity index is 1.88. The fraction of sp³-hybridized carbons (Fsp3) is 0.286. The number of aromatic nitrogens is 2. The first-order chi connectivity index (χ1) is 9.16. The van der Waals surface area contributed by atoms with E-state index in [1.807, 2.05) is 24.0 Å². The quantitative estimate of drug-likeness (QED) is 0.759. The van der Waals surface area contributed by atoms with Gasteiger partial charge < -0.3 is 10.6 Å². The molecule has 1 amide bonds. The van der Waals surface area contributed by atoms with Crippen molar-refractivity contribution in [1.82, 2.24) is 15.1 Å². The summed E-state index contributed by atoms with van der Waals surface area (Å²) >= 11 is 0. The van der Waals surface area contributed by atoms with Crippen LogP contribution in [0.4, 0.5) is 5.69 Å². The molecule has 0 atom stereocenters. The van der Waals surface area contributed by atoms with Crippen LogP contribution in [0.25, 0.3) is 0 Å². The summed E-state index contributed by atoms with van der Waals surface area (Å²) in [6.45, 7) is 3.15. The number of carbonyl (C=O) groups excluding carboxylic acids is 1. The van der Waals surface area contributed by atoms with Gasteiger partial charge in [-0.15, -0.1) is 0 Å². The van der Waals surface area contributed by atoms with Crippen molar-refractivity contribution in [2.24, 2.45) is 0 Å². The first-order valence-electron chi connectivity index (χ1n) is 6.32. The third kappa shape index (κ3) is 1.97. The Labute approximate surface area is 111 Å². The zero-order chi connectivity index (χ0) is 13.4. The normalized spacial score (nSPS) is 14.3. The molecule has 3 N–H and O–H groups in total. The fourth-order valence-corrected chi connectivity index (χ4v) is 2.52. The number of aryl methyl sites for hydroxylation is 1. The number of hydrogen-bond acceptors (Lipinski definition) is 3. The van der Waals surface area contributed by atoms with Crippen LogP contribution >= 0.6 is 0 Å². The second-order valence-electron chi connectivity index (χ2n) is 4.87. The summed E-state index contributed by atoms with van der Waals surface area (Å²) in [5.74, 6) is 0.0140. The number of anilines is 1. The fourth-order valence-electron chi connectivity index (χ4n) is 2.52. The van der Waals surface area contributed by atoms with Gasteiger partial charge in [0.1, 0.15) is 0 Å². The summed E-state index contributed by atoms with van der Waals surface area (Å²) in [5.41, 5.74) is 10.5. The van der Waals surface area contributed by atoms with Crippen molar-refractivity contribution >= 4 is 11.6 Å². The predicted octanol–water partition coefficient (Wildman–Crippen LogP) is 1.50.